The second kappa shape index (κ2) is 9.65. The molecule has 3 saturated heterocycles. The van der Waals surface area contributed by atoms with Gasteiger partial charge >= 0.3 is 0 Å². The molecule has 1 N–H and O–H groups in total. The summed E-state index contributed by atoms with van der Waals surface area (Å²) in [5, 5.41) is 7.79. The Morgan fingerprint density at radius 2 is 2.03 bits per heavy atom. The third kappa shape index (κ3) is 5.09. The number of hydrogen-bond acceptors (Lipinski definition) is 8. The topological polar surface area (TPSA) is 69.9 Å². The normalized spacial score (nSPS) is 28.4. The van der Waals surface area contributed by atoms with E-state index >= 15 is 0 Å². The molecule has 0 spiro atoms. The monoisotopic (exact) mass is 426 g/mol. The number of piperidine rings is 1. The molecule has 3 atom stereocenters. The number of rotatable bonds is 6. The zero-order chi connectivity index (χ0) is 21.0. The Labute approximate surface area is 184 Å². The van der Waals surface area contributed by atoms with Crippen LogP contribution < -0.4 is 10.1 Å². The Morgan fingerprint density at radius 1 is 1.13 bits per heavy atom. The van der Waals surface area contributed by atoms with E-state index in [-0.39, 0.29) is 6.04 Å². The molecule has 3 unspecified atom stereocenters. The van der Waals surface area contributed by atoms with Crippen molar-refractivity contribution in [2.24, 2.45) is 5.92 Å². The Bertz CT molecular complexity index is 806. The molecule has 0 amide bonds. The van der Waals surface area contributed by atoms with Gasteiger partial charge in [-0.1, -0.05) is 11.2 Å². The summed E-state index contributed by atoms with van der Waals surface area (Å²) < 4.78 is 11.2. The van der Waals surface area contributed by atoms with Crippen LogP contribution in [-0.2, 0) is 6.54 Å². The molecule has 3 aliphatic rings. The van der Waals surface area contributed by atoms with E-state index < -0.39 is 0 Å². The second-order valence-corrected chi connectivity index (χ2v) is 9.26. The molecule has 5 rings (SSSR count). The summed E-state index contributed by atoms with van der Waals surface area (Å²) in [6.07, 6.45) is 5.96. The molecule has 3 fully saturated rings. The van der Waals surface area contributed by atoms with E-state index in [0.29, 0.717) is 12.0 Å². The Hall–Kier alpha value is -2.00. The van der Waals surface area contributed by atoms with Crippen LogP contribution in [0.2, 0.25) is 0 Å². The van der Waals surface area contributed by atoms with Crippen LogP contribution >= 0.6 is 0 Å². The Balaban J connectivity index is 1.09. The molecule has 0 radical (unpaired) electrons. The lowest BCUT2D eigenvalue weighted by Gasteiger charge is -2.46. The van der Waals surface area contributed by atoms with Gasteiger partial charge in [0.2, 0.25) is 5.88 Å². The number of likely N-dealkylation sites (N-methyl/N-ethyl adjacent to an activating group) is 1. The molecule has 2 aromatic heterocycles. The number of pyridine rings is 1. The molecule has 0 bridgehead atoms. The van der Waals surface area contributed by atoms with Gasteiger partial charge < -0.3 is 19.5 Å². The minimum atomic E-state index is 0.267. The summed E-state index contributed by atoms with van der Waals surface area (Å²) in [6.45, 7) is 9.38. The Kier molecular flexibility index (Phi) is 6.50. The number of hydrogen-bond donors (Lipinski definition) is 1. The first-order valence-corrected chi connectivity index (χ1v) is 11.6. The van der Waals surface area contributed by atoms with E-state index in [1.165, 1.54) is 12.0 Å². The summed E-state index contributed by atoms with van der Waals surface area (Å²) in [6, 6.07) is 6.93. The lowest BCUT2D eigenvalue weighted by atomic mass is 9.87. The van der Waals surface area contributed by atoms with Crippen molar-refractivity contribution in [3.8, 4) is 5.88 Å². The third-order valence-electron chi connectivity index (χ3n) is 7.02. The molecule has 2 aromatic rings. The highest BCUT2D eigenvalue weighted by Crippen LogP contribution is 2.32. The molecule has 0 saturated carbocycles. The molecule has 8 nitrogen and oxygen atoms in total. The molecule has 8 heteroatoms. The average Bonchev–Trinajstić information content (AvgIpc) is 3.34. The number of ether oxygens (including phenoxy) is 1. The van der Waals surface area contributed by atoms with Gasteiger partial charge in [0, 0.05) is 82.6 Å². The maximum atomic E-state index is 6.08. The first-order chi connectivity index (χ1) is 15.2. The van der Waals surface area contributed by atoms with Crippen molar-refractivity contribution in [2.45, 2.75) is 31.5 Å². The standard InChI is InChI=1S/C23H34N6O2/c1-27-9-11-28(12-10-27)15-18-3-5-22(25-14-18)30-17-19-2-4-21-23(20-6-13-31-26-20)24-7-8-29(21)16-19/h3,5-6,13-14,19,21,23-24H,2,4,7-12,15-17H2,1H3. The smallest absolute Gasteiger partial charge is 0.213 e. The van der Waals surface area contributed by atoms with Gasteiger partial charge in [-0.05, 0) is 25.5 Å². The summed E-state index contributed by atoms with van der Waals surface area (Å²) in [5.74, 6) is 1.28. The van der Waals surface area contributed by atoms with E-state index in [4.69, 9.17) is 9.26 Å². The zero-order valence-corrected chi connectivity index (χ0v) is 18.4. The summed E-state index contributed by atoms with van der Waals surface area (Å²) in [5.41, 5.74) is 2.28. The van der Waals surface area contributed by atoms with Crippen LogP contribution in [0.5, 0.6) is 5.88 Å². The summed E-state index contributed by atoms with van der Waals surface area (Å²) in [4.78, 5) is 12.0. The van der Waals surface area contributed by atoms with Crippen molar-refractivity contribution < 1.29 is 9.26 Å². The van der Waals surface area contributed by atoms with Crippen molar-refractivity contribution in [1.29, 1.82) is 0 Å². The fourth-order valence-corrected chi connectivity index (χ4v) is 5.16. The lowest BCUT2D eigenvalue weighted by molar-refractivity contribution is 0.0368. The lowest BCUT2D eigenvalue weighted by Crippen LogP contribution is -2.57. The first-order valence-electron chi connectivity index (χ1n) is 11.6. The highest BCUT2D eigenvalue weighted by atomic mass is 16.5. The van der Waals surface area contributed by atoms with Crippen LogP contribution in [0.4, 0.5) is 0 Å². The minimum Gasteiger partial charge on any atom is -0.477 e. The van der Waals surface area contributed by atoms with Crippen molar-refractivity contribution in [1.82, 2.24) is 30.2 Å². The first kappa shape index (κ1) is 20.9. The minimum absolute atomic E-state index is 0.267. The summed E-state index contributed by atoms with van der Waals surface area (Å²) >= 11 is 0. The maximum absolute atomic E-state index is 6.08. The zero-order valence-electron chi connectivity index (χ0n) is 18.4. The number of nitrogens with one attached hydrogen (secondary N) is 1. The number of fused-ring (bicyclic) bond motifs is 1. The molecule has 168 valence electrons. The number of piperazine rings is 2. The van der Waals surface area contributed by atoms with Crippen molar-refractivity contribution in [2.75, 3.05) is 59.5 Å². The van der Waals surface area contributed by atoms with Crippen molar-refractivity contribution >= 4 is 0 Å². The molecular formula is C23H34N6O2. The predicted octanol–water partition coefficient (Wildman–Crippen LogP) is 1.62. The van der Waals surface area contributed by atoms with Gasteiger partial charge in [-0.25, -0.2) is 4.98 Å². The number of nitrogens with zero attached hydrogens (tertiary/aromatic N) is 5. The summed E-state index contributed by atoms with van der Waals surface area (Å²) in [7, 11) is 2.19. The molecule has 31 heavy (non-hydrogen) atoms. The molecular weight excluding hydrogens is 392 g/mol. The highest BCUT2D eigenvalue weighted by Gasteiger charge is 2.38. The third-order valence-corrected chi connectivity index (χ3v) is 7.02. The van der Waals surface area contributed by atoms with E-state index in [1.54, 1.807) is 6.26 Å². The van der Waals surface area contributed by atoms with Gasteiger partial charge in [0.05, 0.1) is 12.6 Å². The molecule has 5 heterocycles. The average molecular weight is 427 g/mol. The second-order valence-electron chi connectivity index (χ2n) is 9.26. The van der Waals surface area contributed by atoms with E-state index in [0.717, 1.165) is 77.0 Å². The van der Waals surface area contributed by atoms with Gasteiger partial charge in [-0.15, -0.1) is 0 Å². The SMILES string of the molecule is CN1CCN(Cc2ccc(OCC3CCC4C(c5ccon5)NCCN4C3)nc2)CC1. The van der Waals surface area contributed by atoms with E-state index in [9.17, 15) is 0 Å². The Morgan fingerprint density at radius 3 is 2.81 bits per heavy atom. The fourth-order valence-electron chi connectivity index (χ4n) is 5.16. The van der Waals surface area contributed by atoms with Gasteiger partial charge in [0.15, 0.2) is 0 Å². The van der Waals surface area contributed by atoms with Gasteiger partial charge in [-0.2, -0.15) is 0 Å². The van der Waals surface area contributed by atoms with Crippen LogP contribution in [-0.4, -0.2) is 90.4 Å². The molecule has 3 aliphatic heterocycles. The number of aromatic nitrogens is 2. The van der Waals surface area contributed by atoms with Crippen LogP contribution in [0.15, 0.2) is 35.2 Å². The van der Waals surface area contributed by atoms with Crippen LogP contribution in [0, 0.1) is 5.92 Å². The fraction of sp³-hybridized carbons (Fsp3) is 0.652. The van der Waals surface area contributed by atoms with Crippen LogP contribution in [0.3, 0.4) is 0 Å². The molecule has 0 aliphatic carbocycles. The van der Waals surface area contributed by atoms with Crippen LogP contribution in [0.25, 0.3) is 0 Å². The largest absolute Gasteiger partial charge is 0.477 e. The van der Waals surface area contributed by atoms with Gasteiger partial charge in [0.25, 0.3) is 0 Å². The maximum Gasteiger partial charge on any atom is 0.213 e. The predicted molar refractivity (Wildman–Crippen MR) is 118 cm³/mol. The van der Waals surface area contributed by atoms with Crippen LogP contribution in [0.1, 0.15) is 30.1 Å². The van der Waals surface area contributed by atoms with Crippen molar-refractivity contribution in [3.05, 3.63) is 41.9 Å². The van der Waals surface area contributed by atoms with Crippen molar-refractivity contribution in [3.63, 3.8) is 0 Å². The quantitative estimate of drug-likeness (QED) is 0.747. The highest BCUT2D eigenvalue weighted by molar-refractivity contribution is 5.18. The van der Waals surface area contributed by atoms with E-state index in [1.807, 2.05) is 18.3 Å². The van der Waals surface area contributed by atoms with E-state index in [2.05, 4.69) is 43.3 Å². The molecule has 0 aromatic carbocycles. The van der Waals surface area contributed by atoms with Gasteiger partial charge in [0.1, 0.15) is 12.0 Å². The van der Waals surface area contributed by atoms with Gasteiger partial charge in [-0.3, -0.25) is 9.80 Å².